The zero-order chi connectivity index (χ0) is 31.6. The minimum atomic E-state index is -5.79. The summed E-state index contributed by atoms with van der Waals surface area (Å²) >= 11 is 0. The van der Waals surface area contributed by atoms with Crippen molar-refractivity contribution in [2.45, 2.75) is 37.8 Å². The molecule has 25 heteroatoms. The van der Waals surface area contributed by atoms with Crippen LogP contribution >= 0.6 is 23.5 Å². The highest BCUT2D eigenvalue weighted by Crippen LogP contribution is 2.66. The number of pyridine rings is 1. The van der Waals surface area contributed by atoms with E-state index in [1.807, 2.05) is 0 Å². The molecule has 4 unspecified atom stereocenters. The lowest BCUT2D eigenvalue weighted by molar-refractivity contribution is -0.0490. The van der Waals surface area contributed by atoms with E-state index in [9.17, 15) is 28.3 Å². The Bertz CT molecular complexity index is 1710. The van der Waals surface area contributed by atoms with Gasteiger partial charge in [0.25, 0.3) is 0 Å². The number of nitrogens with zero attached hydrogens (tertiary/aromatic N) is 8. The van der Waals surface area contributed by atoms with Gasteiger partial charge in [0.2, 0.25) is 0 Å². The molecule has 0 aliphatic carbocycles. The predicted octanol–water partition coefficient (Wildman–Crippen LogP) is 2.03. The summed E-state index contributed by atoms with van der Waals surface area (Å²) in [6.07, 6.45) is 0.159. The summed E-state index contributed by atoms with van der Waals surface area (Å²) in [7, 11) is -16.9. The number of fused-ring (bicyclic) bond motifs is 1. The van der Waals surface area contributed by atoms with Crippen molar-refractivity contribution >= 4 is 46.4 Å². The van der Waals surface area contributed by atoms with Gasteiger partial charge in [-0.2, -0.15) is 8.62 Å². The van der Waals surface area contributed by atoms with Crippen LogP contribution in [0.3, 0.4) is 0 Å². The van der Waals surface area contributed by atoms with E-state index in [0.717, 1.165) is 0 Å². The molecular formula is C18H22N9O13P3. The first kappa shape index (κ1) is 32.6. The highest BCUT2D eigenvalue weighted by molar-refractivity contribution is 7.66. The maximum Gasteiger partial charge on any atom is 0.490 e. The summed E-state index contributed by atoms with van der Waals surface area (Å²) in [6.45, 7) is 0.577. The third-order valence-corrected chi connectivity index (χ3v) is 9.44. The number of nitrogen functional groups attached to an aromatic ring is 1. The number of phosphoric ester groups is 1. The van der Waals surface area contributed by atoms with Gasteiger partial charge in [-0.15, -0.1) is 0 Å². The quantitative estimate of drug-likeness (QED) is 0.0607. The number of hydrogen-bond acceptors (Lipinski definition) is 15. The molecule has 3 aromatic rings. The number of imidazole rings is 1. The van der Waals surface area contributed by atoms with Crippen LogP contribution in [0.4, 0.5) is 5.82 Å². The third-order valence-electron chi connectivity index (χ3n) is 5.63. The van der Waals surface area contributed by atoms with Crippen molar-refractivity contribution in [2.24, 2.45) is 5.11 Å². The van der Waals surface area contributed by atoms with Crippen LogP contribution in [0, 0.1) is 0 Å². The summed E-state index contributed by atoms with van der Waals surface area (Å²) in [4.78, 5) is 68.8. The highest BCUT2D eigenvalue weighted by atomic mass is 31.3. The van der Waals surface area contributed by atoms with Crippen LogP contribution in [-0.2, 0) is 36.3 Å². The van der Waals surface area contributed by atoms with Crippen LogP contribution in [0.1, 0.15) is 41.7 Å². The van der Waals surface area contributed by atoms with E-state index in [0.29, 0.717) is 0 Å². The van der Waals surface area contributed by atoms with E-state index in [4.69, 9.17) is 35.0 Å². The lowest BCUT2D eigenvalue weighted by Crippen LogP contribution is -2.31. The Kier molecular flexibility index (Phi) is 9.63. The zero-order valence-corrected chi connectivity index (χ0v) is 24.3. The largest absolute Gasteiger partial charge is 0.490 e. The molecule has 0 aromatic carbocycles. The Morgan fingerprint density at radius 1 is 1.21 bits per heavy atom. The average molecular weight is 665 g/mol. The second kappa shape index (κ2) is 12.7. The second-order valence-corrected chi connectivity index (χ2v) is 13.0. The maximum atomic E-state index is 13.2. The molecular weight excluding hydrogens is 643 g/mol. The number of carbonyl (C=O) groups excluding carboxylic acids is 1. The Hall–Kier alpha value is -3.35. The number of nitrogens with two attached hydrogens (primary N) is 1. The van der Waals surface area contributed by atoms with Gasteiger partial charge in [0, 0.05) is 17.5 Å². The van der Waals surface area contributed by atoms with Gasteiger partial charge in [-0.1, -0.05) is 12.0 Å². The Labute approximate surface area is 239 Å². The maximum absolute atomic E-state index is 13.2. The third kappa shape index (κ3) is 8.18. The molecule has 1 fully saturated rings. The molecule has 4 heterocycles. The molecule has 0 radical (unpaired) electrons. The molecule has 1 saturated heterocycles. The van der Waals surface area contributed by atoms with Gasteiger partial charge >= 0.3 is 29.4 Å². The molecule has 232 valence electrons. The summed E-state index contributed by atoms with van der Waals surface area (Å²) < 4.78 is 60.0. The normalized spacial score (nSPS) is 22.3. The SMILES string of the molecule is CC(N=[N+]=[N-])c1ncccc1C(=O)OC1C[C@H](n2cnc3c(N)ncnc32)O[C@@H]1COP(=O)(O)OP(=O)(O)OP(=O)(O)O. The molecule has 22 nitrogen and oxygen atoms in total. The summed E-state index contributed by atoms with van der Waals surface area (Å²) in [5, 5.41) is 3.53. The van der Waals surface area contributed by atoms with Crippen LogP contribution in [-0.4, -0.2) is 68.9 Å². The van der Waals surface area contributed by atoms with Crippen molar-refractivity contribution in [2.75, 3.05) is 12.3 Å². The number of anilines is 1. The topological polar surface area (TPSA) is 327 Å². The van der Waals surface area contributed by atoms with Crippen molar-refractivity contribution in [3.8, 4) is 0 Å². The number of hydrogen-bond donors (Lipinski definition) is 5. The summed E-state index contributed by atoms with van der Waals surface area (Å²) in [5.41, 5.74) is 15.1. The predicted molar refractivity (Wildman–Crippen MR) is 139 cm³/mol. The minimum Gasteiger partial charge on any atom is -0.456 e. The first-order valence-corrected chi connectivity index (χ1v) is 16.2. The van der Waals surface area contributed by atoms with Gasteiger partial charge in [-0.25, -0.2) is 33.4 Å². The Morgan fingerprint density at radius 2 is 1.95 bits per heavy atom. The number of carbonyl (C=O) groups is 1. The minimum absolute atomic E-state index is 0.0622. The highest BCUT2D eigenvalue weighted by Gasteiger charge is 2.44. The van der Waals surface area contributed by atoms with Gasteiger partial charge in [0.1, 0.15) is 30.3 Å². The van der Waals surface area contributed by atoms with Crippen molar-refractivity contribution in [1.29, 1.82) is 0 Å². The smallest absolute Gasteiger partial charge is 0.456 e. The number of azide groups is 1. The standard InChI is InChI=1S/C18H22N9O13P3/c1-9(25-26-20)14-10(3-2-4-21-14)18(28)38-11-5-13(27-8-24-15-16(19)22-7-23-17(15)27)37-12(11)6-36-42(32,33)40-43(34,35)39-41(29,30)31/h2-4,7-9,11-13H,5-6H2,1H3,(H,32,33)(H,34,35)(H2,19,22,23)(H2,29,30,31)/t9?,11?,12-,13-/m1/s1. The molecule has 1 aliphatic heterocycles. The van der Waals surface area contributed by atoms with Gasteiger partial charge in [0.05, 0.1) is 30.2 Å². The lowest BCUT2D eigenvalue weighted by Gasteiger charge is -2.21. The van der Waals surface area contributed by atoms with Crippen LogP contribution in [0.15, 0.2) is 36.1 Å². The van der Waals surface area contributed by atoms with Crippen LogP contribution in [0.25, 0.3) is 21.6 Å². The summed E-state index contributed by atoms with van der Waals surface area (Å²) in [6, 6.07) is 1.95. The molecule has 3 aromatic heterocycles. The van der Waals surface area contributed by atoms with E-state index in [-0.39, 0.29) is 34.7 Å². The van der Waals surface area contributed by atoms with Crippen molar-refractivity contribution in [1.82, 2.24) is 24.5 Å². The lowest BCUT2D eigenvalue weighted by atomic mass is 10.1. The molecule has 0 bridgehead atoms. The number of phosphoric acid groups is 3. The van der Waals surface area contributed by atoms with Gasteiger partial charge in [-0.05, 0) is 17.7 Å². The van der Waals surface area contributed by atoms with Gasteiger partial charge < -0.3 is 34.8 Å². The monoisotopic (exact) mass is 665 g/mol. The van der Waals surface area contributed by atoms with E-state index in [1.165, 1.54) is 42.5 Å². The molecule has 43 heavy (non-hydrogen) atoms. The van der Waals surface area contributed by atoms with Gasteiger partial charge in [-0.3, -0.25) is 14.1 Å². The number of aromatic nitrogens is 5. The number of ether oxygens (including phenoxy) is 2. The molecule has 6 atom stereocenters. The first-order chi connectivity index (χ1) is 20.1. The summed E-state index contributed by atoms with van der Waals surface area (Å²) in [5.74, 6) is -0.880. The van der Waals surface area contributed by atoms with Gasteiger partial charge in [0.15, 0.2) is 11.5 Å². The van der Waals surface area contributed by atoms with Crippen molar-refractivity contribution in [3.05, 3.63) is 52.7 Å². The van der Waals surface area contributed by atoms with Crippen LogP contribution in [0.5, 0.6) is 0 Å². The van der Waals surface area contributed by atoms with E-state index >= 15 is 0 Å². The zero-order valence-electron chi connectivity index (χ0n) is 21.6. The fourth-order valence-electron chi connectivity index (χ4n) is 3.95. The van der Waals surface area contributed by atoms with E-state index < -0.39 is 60.5 Å². The number of rotatable bonds is 12. The van der Waals surface area contributed by atoms with Crippen LogP contribution in [0.2, 0.25) is 0 Å². The van der Waals surface area contributed by atoms with E-state index in [2.05, 4.69) is 38.6 Å². The fourth-order valence-corrected chi connectivity index (χ4v) is 6.98. The molecule has 0 amide bonds. The molecule has 0 saturated carbocycles. The Morgan fingerprint density at radius 3 is 2.65 bits per heavy atom. The molecule has 6 N–H and O–H groups in total. The molecule has 0 spiro atoms. The first-order valence-electron chi connectivity index (χ1n) is 11.7. The molecule has 1 aliphatic rings. The average Bonchev–Trinajstić information content (AvgIpc) is 3.50. The van der Waals surface area contributed by atoms with Crippen LogP contribution < -0.4 is 5.73 Å². The second-order valence-electron chi connectivity index (χ2n) is 8.60. The Balaban J connectivity index is 1.58. The van der Waals surface area contributed by atoms with Crippen molar-refractivity contribution in [3.63, 3.8) is 0 Å². The fraction of sp³-hybridized carbons (Fsp3) is 0.389. The van der Waals surface area contributed by atoms with E-state index in [1.54, 1.807) is 0 Å². The molecule has 4 rings (SSSR count). The number of esters is 1. The van der Waals surface area contributed by atoms with Crippen molar-refractivity contribution < 1.29 is 60.7 Å².